The first-order chi connectivity index (χ1) is 13.7. The van der Waals surface area contributed by atoms with Crippen molar-refractivity contribution >= 4 is 16.9 Å². The molecule has 1 aliphatic heterocycles. The summed E-state index contributed by atoms with van der Waals surface area (Å²) in [6, 6.07) is 7.11. The van der Waals surface area contributed by atoms with Gasteiger partial charge in [0.05, 0.1) is 17.6 Å². The molecule has 4 heterocycles. The zero-order chi connectivity index (χ0) is 19.1. The number of fused-ring (bicyclic) bond motifs is 1. The Morgan fingerprint density at radius 3 is 2.43 bits per heavy atom. The molecule has 2 fully saturated rings. The second kappa shape index (κ2) is 7.02. The van der Waals surface area contributed by atoms with Gasteiger partial charge < -0.3 is 14.6 Å². The van der Waals surface area contributed by atoms with E-state index in [1.165, 1.54) is 22.0 Å². The van der Waals surface area contributed by atoms with Crippen molar-refractivity contribution in [3.63, 3.8) is 0 Å². The lowest BCUT2D eigenvalue weighted by Gasteiger charge is -2.44. The maximum absolute atomic E-state index is 11.1. The standard InChI is InChI=1S/C22H24N4O2/c27-22(28)16-11-18(12-16)25-9-4-17(5-10-25)26-14-20(15-1-6-23-7-2-15)19-3-8-24-13-21(19)26/h1-3,6-8,13-14,16-18H,4-5,9-12H2,(H,27,28). The fourth-order valence-corrected chi connectivity index (χ4v) is 4.78. The summed E-state index contributed by atoms with van der Waals surface area (Å²) in [4.78, 5) is 22.1. The number of hydrogen-bond acceptors (Lipinski definition) is 4. The normalized spacial score (nSPS) is 23.6. The van der Waals surface area contributed by atoms with Crippen molar-refractivity contribution < 1.29 is 9.90 Å². The number of piperidine rings is 1. The average molecular weight is 376 g/mol. The van der Waals surface area contributed by atoms with Gasteiger partial charge in [0, 0.05) is 60.9 Å². The van der Waals surface area contributed by atoms with E-state index in [0.717, 1.165) is 38.8 Å². The number of pyridine rings is 2. The van der Waals surface area contributed by atoms with Crippen LogP contribution in [0.25, 0.3) is 22.0 Å². The number of likely N-dealkylation sites (tertiary alicyclic amines) is 1. The van der Waals surface area contributed by atoms with Gasteiger partial charge in [-0.25, -0.2) is 0 Å². The van der Waals surface area contributed by atoms with Gasteiger partial charge in [-0.1, -0.05) is 0 Å². The summed E-state index contributed by atoms with van der Waals surface area (Å²) < 4.78 is 2.40. The number of carboxylic acid groups (broad SMARTS) is 1. The highest BCUT2D eigenvalue weighted by Crippen LogP contribution is 2.38. The molecule has 3 aromatic heterocycles. The Bertz CT molecular complexity index is 986. The van der Waals surface area contributed by atoms with Gasteiger partial charge >= 0.3 is 5.97 Å². The zero-order valence-electron chi connectivity index (χ0n) is 15.7. The molecule has 0 bridgehead atoms. The van der Waals surface area contributed by atoms with Gasteiger partial charge in [0.1, 0.15) is 0 Å². The van der Waals surface area contributed by atoms with Crippen molar-refractivity contribution in [1.82, 2.24) is 19.4 Å². The fourth-order valence-electron chi connectivity index (χ4n) is 4.78. The minimum absolute atomic E-state index is 0.134. The second-order valence-electron chi connectivity index (χ2n) is 8.01. The van der Waals surface area contributed by atoms with Crippen molar-refractivity contribution in [2.75, 3.05) is 13.1 Å². The molecule has 0 amide bonds. The largest absolute Gasteiger partial charge is 0.481 e. The topological polar surface area (TPSA) is 71.2 Å². The first-order valence-electron chi connectivity index (χ1n) is 10.0. The molecule has 0 unspecified atom stereocenters. The third kappa shape index (κ3) is 2.98. The maximum atomic E-state index is 11.1. The molecule has 3 aromatic rings. The summed E-state index contributed by atoms with van der Waals surface area (Å²) in [7, 11) is 0. The summed E-state index contributed by atoms with van der Waals surface area (Å²) >= 11 is 0. The Morgan fingerprint density at radius 2 is 1.71 bits per heavy atom. The summed E-state index contributed by atoms with van der Waals surface area (Å²) in [5.74, 6) is -0.772. The fraction of sp³-hybridized carbons (Fsp3) is 0.409. The number of hydrogen-bond donors (Lipinski definition) is 1. The third-order valence-corrected chi connectivity index (χ3v) is 6.50. The van der Waals surface area contributed by atoms with E-state index in [9.17, 15) is 4.79 Å². The van der Waals surface area contributed by atoms with Gasteiger partial charge in [-0.05, 0) is 49.4 Å². The number of rotatable bonds is 4. The molecule has 0 atom stereocenters. The average Bonchev–Trinajstić information content (AvgIpc) is 3.08. The minimum Gasteiger partial charge on any atom is -0.481 e. The molecule has 6 heteroatoms. The lowest BCUT2D eigenvalue weighted by atomic mass is 9.78. The summed E-state index contributed by atoms with van der Waals surface area (Å²) in [6.07, 6.45) is 13.6. The van der Waals surface area contributed by atoms with E-state index < -0.39 is 5.97 Å². The second-order valence-corrected chi connectivity index (χ2v) is 8.01. The lowest BCUT2D eigenvalue weighted by molar-refractivity contribution is -0.147. The van der Waals surface area contributed by atoms with E-state index in [1.807, 2.05) is 24.8 Å². The number of nitrogens with zero attached hydrogens (tertiary/aromatic N) is 4. The lowest BCUT2D eigenvalue weighted by Crippen LogP contribution is -2.50. The molecule has 1 N–H and O–H groups in total. The molecular weight excluding hydrogens is 352 g/mol. The smallest absolute Gasteiger partial charge is 0.306 e. The molecule has 28 heavy (non-hydrogen) atoms. The monoisotopic (exact) mass is 376 g/mol. The first kappa shape index (κ1) is 17.4. The molecule has 0 spiro atoms. The first-order valence-corrected chi connectivity index (χ1v) is 10.0. The van der Waals surface area contributed by atoms with Gasteiger partial charge in [0.2, 0.25) is 0 Å². The number of aliphatic carboxylic acids is 1. The highest BCUT2D eigenvalue weighted by molar-refractivity contribution is 5.95. The van der Waals surface area contributed by atoms with Gasteiger partial charge in [-0.2, -0.15) is 0 Å². The predicted molar refractivity (Wildman–Crippen MR) is 107 cm³/mol. The number of aromatic nitrogens is 3. The van der Waals surface area contributed by atoms with Crippen LogP contribution in [0.2, 0.25) is 0 Å². The van der Waals surface area contributed by atoms with Crippen LogP contribution in [0.1, 0.15) is 31.7 Å². The zero-order valence-corrected chi connectivity index (χ0v) is 15.7. The summed E-state index contributed by atoms with van der Waals surface area (Å²) in [5, 5.41) is 10.3. The quantitative estimate of drug-likeness (QED) is 0.753. The molecule has 5 rings (SSSR count). The Labute approximate surface area is 163 Å². The van der Waals surface area contributed by atoms with E-state index >= 15 is 0 Å². The van der Waals surface area contributed by atoms with Gasteiger partial charge in [-0.3, -0.25) is 14.8 Å². The molecule has 6 nitrogen and oxygen atoms in total. The van der Waals surface area contributed by atoms with E-state index in [1.54, 1.807) is 0 Å². The van der Waals surface area contributed by atoms with Crippen LogP contribution in [-0.2, 0) is 4.79 Å². The Hall–Kier alpha value is -2.73. The van der Waals surface area contributed by atoms with E-state index in [-0.39, 0.29) is 5.92 Å². The molecule has 1 saturated heterocycles. The van der Waals surface area contributed by atoms with Crippen molar-refractivity contribution in [2.45, 2.75) is 37.8 Å². The van der Waals surface area contributed by atoms with Crippen LogP contribution < -0.4 is 0 Å². The van der Waals surface area contributed by atoms with Crippen molar-refractivity contribution in [3.05, 3.63) is 49.2 Å². The van der Waals surface area contributed by atoms with Gasteiger partial charge in [0.15, 0.2) is 0 Å². The van der Waals surface area contributed by atoms with Crippen molar-refractivity contribution in [3.8, 4) is 11.1 Å². The highest BCUT2D eigenvalue weighted by Gasteiger charge is 2.39. The van der Waals surface area contributed by atoms with Crippen LogP contribution in [0.4, 0.5) is 0 Å². The Balaban J connectivity index is 1.36. The molecule has 0 aromatic carbocycles. The van der Waals surface area contributed by atoms with E-state index in [2.05, 4.69) is 43.8 Å². The van der Waals surface area contributed by atoms with E-state index in [0.29, 0.717) is 12.1 Å². The van der Waals surface area contributed by atoms with Crippen LogP contribution in [0, 0.1) is 5.92 Å². The van der Waals surface area contributed by atoms with Crippen LogP contribution in [0.5, 0.6) is 0 Å². The molecule has 1 aliphatic carbocycles. The van der Waals surface area contributed by atoms with Crippen molar-refractivity contribution in [1.29, 1.82) is 0 Å². The third-order valence-electron chi connectivity index (χ3n) is 6.50. The van der Waals surface area contributed by atoms with Crippen molar-refractivity contribution in [2.24, 2.45) is 5.92 Å². The molecular formula is C22H24N4O2. The maximum Gasteiger partial charge on any atom is 0.306 e. The Morgan fingerprint density at radius 1 is 1.00 bits per heavy atom. The molecule has 144 valence electrons. The highest BCUT2D eigenvalue weighted by atomic mass is 16.4. The van der Waals surface area contributed by atoms with Gasteiger partial charge in [0.25, 0.3) is 0 Å². The minimum atomic E-state index is -0.638. The van der Waals surface area contributed by atoms with E-state index in [4.69, 9.17) is 5.11 Å². The summed E-state index contributed by atoms with van der Waals surface area (Å²) in [6.45, 7) is 2.07. The number of carbonyl (C=O) groups is 1. The predicted octanol–water partition coefficient (Wildman–Crippen LogP) is 3.60. The molecule has 1 saturated carbocycles. The van der Waals surface area contributed by atoms with Crippen LogP contribution in [0.15, 0.2) is 49.2 Å². The van der Waals surface area contributed by atoms with Gasteiger partial charge in [-0.15, -0.1) is 0 Å². The van der Waals surface area contributed by atoms with Crippen LogP contribution in [0.3, 0.4) is 0 Å². The number of carboxylic acids is 1. The van der Waals surface area contributed by atoms with Crippen LogP contribution >= 0.6 is 0 Å². The molecule has 2 aliphatic rings. The summed E-state index contributed by atoms with van der Waals surface area (Å²) in [5.41, 5.74) is 3.59. The SMILES string of the molecule is O=C(O)C1CC(N2CCC(n3cc(-c4ccncc4)c4ccncc43)CC2)C1. The Kier molecular flexibility index (Phi) is 4.36. The van der Waals surface area contributed by atoms with Crippen LogP contribution in [-0.4, -0.2) is 49.6 Å². The molecule has 0 radical (unpaired) electrons.